The highest BCUT2D eigenvalue weighted by atomic mass is 16.7. The highest BCUT2D eigenvalue weighted by Gasteiger charge is 2.47. The molecule has 0 amide bonds. The van der Waals surface area contributed by atoms with Crippen LogP contribution in [0, 0.1) is 0 Å². The zero-order valence-electron chi connectivity index (χ0n) is 22.3. The van der Waals surface area contributed by atoms with Gasteiger partial charge in [0.1, 0.15) is 65.2 Å². The molecule has 0 spiro atoms. The summed E-state index contributed by atoms with van der Waals surface area (Å²) in [7, 11) is 0. The van der Waals surface area contributed by atoms with Crippen LogP contribution in [-0.2, 0) is 9.47 Å². The molecule has 10 unspecified atom stereocenters. The largest absolute Gasteiger partial charge is 0.507 e. The summed E-state index contributed by atoms with van der Waals surface area (Å²) >= 11 is 0. The molecule has 16 heteroatoms. The molecule has 3 heterocycles. The summed E-state index contributed by atoms with van der Waals surface area (Å²) in [6.45, 7) is 0.555. The Labute approximate surface area is 241 Å². The van der Waals surface area contributed by atoms with Gasteiger partial charge in [-0.25, -0.2) is 0 Å². The third kappa shape index (κ3) is 5.55. The molecule has 2 saturated heterocycles. The molecule has 10 N–H and O–H groups in total. The van der Waals surface area contributed by atoms with E-state index in [2.05, 4.69) is 0 Å². The molecular formula is C27H30O16. The maximum absolute atomic E-state index is 13.7. The van der Waals surface area contributed by atoms with Gasteiger partial charge in [0.15, 0.2) is 17.3 Å². The Kier molecular flexibility index (Phi) is 8.41. The number of phenolic OH excluding ortho intramolecular Hbond substituents is 3. The number of ether oxygens (including phenoxy) is 4. The van der Waals surface area contributed by atoms with Crippen molar-refractivity contribution in [2.75, 3.05) is 6.61 Å². The SMILES string of the molecule is CC(O)C1OC(Oc2cc(O)c3c(=O)c(OC4OC(CO)C(O)C(O)C4O)c(-c4ccc(O)c(O)c4)oc3c2)C(O)C1O. The number of aliphatic hydroxyl groups excluding tert-OH is 7. The number of benzene rings is 2. The maximum atomic E-state index is 13.7. The molecule has 2 fully saturated rings. The van der Waals surface area contributed by atoms with Gasteiger partial charge in [0.05, 0.1) is 12.7 Å². The molecule has 43 heavy (non-hydrogen) atoms. The number of phenols is 3. The van der Waals surface area contributed by atoms with Gasteiger partial charge in [-0.05, 0) is 25.1 Å². The van der Waals surface area contributed by atoms with E-state index in [9.17, 15) is 55.9 Å². The Morgan fingerprint density at radius 1 is 0.814 bits per heavy atom. The maximum Gasteiger partial charge on any atom is 0.239 e. The third-order valence-electron chi connectivity index (χ3n) is 7.21. The summed E-state index contributed by atoms with van der Waals surface area (Å²) in [4.78, 5) is 13.7. The van der Waals surface area contributed by atoms with Gasteiger partial charge in [-0.15, -0.1) is 0 Å². The molecule has 0 radical (unpaired) electrons. The summed E-state index contributed by atoms with van der Waals surface area (Å²) in [6.07, 6.45) is -15.6. The fraction of sp³-hybridized carbons (Fsp3) is 0.444. The van der Waals surface area contributed by atoms with E-state index in [-0.39, 0.29) is 16.9 Å². The van der Waals surface area contributed by atoms with Gasteiger partial charge in [0, 0.05) is 17.7 Å². The molecule has 2 aromatic carbocycles. The Bertz CT molecular complexity index is 1540. The van der Waals surface area contributed by atoms with Crippen LogP contribution in [0.15, 0.2) is 39.5 Å². The van der Waals surface area contributed by atoms with Crippen LogP contribution in [0.25, 0.3) is 22.3 Å². The van der Waals surface area contributed by atoms with Crippen molar-refractivity contribution in [3.63, 3.8) is 0 Å². The molecule has 234 valence electrons. The average Bonchev–Trinajstić information content (AvgIpc) is 3.24. The van der Waals surface area contributed by atoms with E-state index in [4.69, 9.17) is 23.4 Å². The van der Waals surface area contributed by atoms with Crippen LogP contribution in [0.1, 0.15) is 6.92 Å². The lowest BCUT2D eigenvalue weighted by Gasteiger charge is -2.39. The second-order valence-electron chi connectivity index (χ2n) is 10.2. The number of aromatic hydroxyl groups is 3. The Morgan fingerprint density at radius 2 is 1.49 bits per heavy atom. The number of hydrogen-bond donors (Lipinski definition) is 10. The van der Waals surface area contributed by atoms with Crippen molar-refractivity contribution in [2.24, 2.45) is 0 Å². The van der Waals surface area contributed by atoms with E-state index in [0.717, 1.165) is 24.3 Å². The first kappa shape index (κ1) is 30.7. The van der Waals surface area contributed by atoms with Crippen molar-refractivity contribution < 1.29 is 74.4 Å². The molecule has 16 nitrogen and oxygen atoms in total. The number of hydrogen-bond acceptors (Lipinski definition) is 16. The van der Waals surface area contributed by atoms with Crippen LogP contribution in [-0.4, -0.2) is 119 Å². The van der Waals surface area contributed by atoms with Gasteiger partial charge in [0.2, 0.25) is 23.8 Å². The Hall–Kier alpha value is -3.71. The molecule has 0 saturated carbocycles. The van der Waals surface area contributed by atoms with Crippen molar-refractivity contribution in [1.29, 1.82) is 0 Å². The van der Waals surface area contributed by atoms with Crippen LogP contribution in [0.2, 0.25) is 0 Å². The van der Waals surface area contributed by atoms with Crippen LogP contribution < -0.4 is 14.9 Å². The lowest BCUT2D eigenvalue weighted by Crippen LogP contribution is -2.60. The Morgan fingerprint density at radius 3 is 2.12 bits per heavy atom. The van der Waals surface area contributed by atoms with Crippen LogP contribution in [0.5, 0.6) is 28.7 Å². The predicted octanol–water partition coefficient (Wildman–Crippen LogP) is -2.04. The minimum Gasteiger partial charge on any atom is -0.507 e. The second kappa shape index (κ2) is 11.8. The van der Waals surface area contributed by atoms with E-state index in [1.807, 2.05) is 0 Å². The summed E-state index contributed by atoms with van der Waals surface area (Å²) in [6, 6.07) is 5.43. The number of rotatable bonds is 7. The molecule has 3 aromatic rings. The summed E-state index contributed by atoms with van der Waals surface area (Å²) in [5, 5.41) is 101. The minimum absolute atomic E-state index is 0.0443. The first-order valence-corrected chi connectivity index (χ1v) is 13.0. The monoisotopic (exact) mass is 610 g/mol. The zero-order valence-corrected chi connectivity index (χ0v) is 22.3. The third-order valence-corrected chi connectivity index (χ3v) is 7.21. The van der Waals surface area contributed by atoms with E-state index in [1.54, 1.807) is 0 Å². The standard InChI is InChI=1S/C27H30O16/c1-8(29)23-20(36)22(38)26(42-23)39-10-5-13(32)16-14(6-10)40-24(9-2-3-11(30)12(31)4-9)25(18(16)34)43-27-21(37)19(35)17(33)15(7-28)41-27/h2-6,8,15,17,19-23,26-33,35-38H,7H2,1H3. The molecule has 0 aliphatic carbocycles. The van der Waals surface area contributed by atoms with Gasteiger partial charge < -0.3 is 74.4 Å². The fourth-order valence-corrected chi connectivity index (χ4v) is 4.87. The van der Waals surface area contributed by atoms with E-state index < -0.39 is 108 Å². The second-order valence-corrected chi connectivity index (χ2v) is 10.2. The summed E-state index contributed by atoms with van der Waals surface area (Å²) < 4.78 is 27.8. The van der Waals surface area contributed by atoms with Gasteiger partial charge in [-0.3, -0.25) is 4.79 Å². The molecule has 2 aliphatic heterocycles. The highest BCUT2D eigenvalue weighted by molar-refractivity contribution is 5.88. The van der Waals surface area contributed by atoms with Gasteiger partial charge in [-0.1, -0.05) is 0 Å². The van der Waals surface area contributed by atoms with Gasteiger partial charge in [-0.2, -0.15) is 0 Å². The Balaban J connectivity index is 1.60. The lowest BCUT2D eigenvalue weighted by atomic mass is 9.99. The predicted molar refractivity (Wildman–Crippen MR) is 140 cm³/mol. The van der Waals surface area contributed by atoms with E-state index >= 15 is 0 Å². The zero-order chi connectivity index (χ0) is 31.3. The molecule has 5 rings (SSSR count). The van der Waals surface area contributed by atoms with Gasteiger partial charge >= 0.3 is 0 Å². The topological polar surface area (TPSA) is 269 Å². The van der Waals surface area contributed by atoms with E-state index in [1.165, 1.54) is 13.0 Å². The van der Waals surface area contributed by atoms with Crippen molar-refractivity contribution in [3.8, 4) is 40.1 Å². The van der Waals surface area contributed by atoms with Crippen molar-refractivity contribution in [1.82, 2.24) is 0 Å². The lowest BCUT2D eigenvalue weighted by molar-refractivity contribution is -0.277. The smallest absolute Gasteiger partial charge is 0.239 e. The molecule has 1 aromatic heterocycles. The molecular weight excluding hydrogens is 580 g/mol. The van der Waals surface area contributed by atoms with E-state index in [0.29, 0.717) is 0 Å². The summed E-state index contributed by atoms with van der Waals surface area (Å²) in [5.41, 5.74) is -1.40. The molecule has 10 atom stereocenters. The first-order valence-electron chi connectivity index (χ1n) is 13.0. The minimum atomic E-state index is -1.92. The van der Waals surface area contributed by atoms with Crippen LogP contribution in [0.4, 0.5) is 0 Å². The van der Waals surface area contributed by atoms with Crippen molar-refractivity contribution in [2.45, 2.75) is 68.3 Å². The van der Waals surface area contributed by atoms with Crippen LogP contribution in [0.3, 0.4) is 0 Å². The highest BCUT2D eigenvalue weighted by Crippen LogP contribution is 2.40. The fourth-order valence-electron chi connectivity index (χ4n) is 4.87. The first-order chi connectivity index (χ1) is 20.3. The number of fused-ring (bicyclic) bond motifs is 1. The van der Waals surface area contributed by atoms with Crippen molar-refractivity contribution in [3.05, 3.63) is 40.6 Å². The average molecular weight is 611 g/mol. The number of aliphatic hydroxyl groups is 7. The van der Waals surface area contributed by atoms with Crippen molar-refractivity contribution >= 4 is 11.0 Å². The van der Waals surface area contributed by atoms with Gasteiger partial charge in [0.25, 0.3) is 0 Å². The summed E-state index contributed by atoms with van der Waals surface area (Å²) in [5.74, 6) is -3.13. The normalized spacial score (nSPS) is 31.7. The molecule has 0 bridgehead atoms. The molecule has 2 aliphatic rings. The quantitative estimate of drug-likeness (QED) is 0.129. The van der Waals surface area contributed by atoms with Crippen LogP contribution >= 0.6 is 0 Å².